The Kier molecular flexibility index (Phi) is 3.63. The van der Waals surface area contributed by atoms with E-state index >= 15 is 0 Å². The third-order valence-electron chi connectivity index (χ3n) is 3.66. The van der Waals surface area contributed by atoms with Crippen LogP contribution in [0.15, 0.2) is 35.7 Å². The van der Waals surface area contributed by atoms with Gasteiger partial charge in [-0.15, -0.1) is 11.3 Å². The van der Waals surface area contributed by atoms with Crippen LogP contribution in [0.25, 0.3) is 0 Å². The Morgan fingerprint density at radius 1 is 1.37 bits per heavy atom. The summed E-state index contributed by atoms with van der Waals surface area (Å²) in [5, 5.41) is 14.7. The first-order valence-corrected chi connectivity index (χ1v) is 7.53. The van der Waals surface area contributed by atoms with Crippen LogP contribution in [0.2, 0.25) is 0 Å². The SMILES string of the molecule is N#Cc1cccc(CNC2CCCc3sccc32)c1. The molecule has 1 atom stereocenters. The van der Waals surface area contributed by atoms with Crippen LogP contribution in [-0.2, 0) is 13.0 Å². The molecule has 0 amide bonds. The lowest BCUT2D eigenvalue weighted by molar-refractivity contribution is 0.463. The Morgan fingerprint density at radius 2 is 2.32 bits per heavy atom. The fourth-order valence-corrected chi connectivity index (χ4v) is 3.68. The van der Waals surface area contributed by atoms with Crippen LogP contribution in [-0.4, -0.2) is 0 Å². The molecule has 0 spiro atoms. The molecule has 0 saturated carbocycles. The number of nitrogens with zero attached hydrogens (tertiary/aromatic N) is 1. The normalized spacial score (nSPS) is 17.7. The monoisotopic (exact) mass is 268 g/mol. The van der Waals surface area contributed by atoms with E-state index < -0.39 is 0 Å². The van der Waals surface area contributed by atoms with E-state index in [1.54, 1.807) is 0 Å². The fraction of sp³-hybridized carbons (Fsp3) is 0.312. The van der Waals surface area contributed by atoms with Crippen molar-refractivity contribution in [3.8, 4) is 6.07 Å². The van der Waals surface area contributed by atoms with Crippen molar-refractivity contribution in [1.82, 2.24) is 5.32 Å². The first-order chi connectivity index (χ1) is 9.36. The van der Waals surface area contributed by atoms with Gasteiger partial charge in [0.2, 0.25) is 0 Å². The number of hydrogen-bond donors (Lipinski definition) is 1. The van der Waals surface area contributed by atoms with Gasteiger partial charge in [0, 0.05) is 17.5 Å². The molecule has 0 saturated heterocycles. The predicted molar refractivity (Wildman–Crippen MR) is 78.0 cm³/mol. The number of nitriles is 1. The van der Waals surface area contributed by atoms with Gasteiger partial charge in [0.15, 0.2) is 0 Å². The van der Waals surface area contributed by atoms with E-state index in [0.717, 1.165) is 12.1 Å². The van der Waals surface area contributed by atoms with Gasteiger partial charge in [0.1, 0.15) is 0 Å². The summed E-state index contributed by atoms with van der Waals surface area (Å²) in [6, 6.07) is 12.8. The standard InChI is InChI=1S/C16H16N2S/c17-10-12-3-1-4-13(9-12)11-18-15-5-2-6-16-14(15)7-8-19-16/h1,3-4,7-9,15,18H,2,5-6,11H2. The summed E-state index contributed by atoms with van der Waals surface area (Å²) in [5.41, 5.74) is 3.40. The molecular formula is C16H16N2S. The van der Waals surface area contributed by atoms with Crippen LogP contribution in [0.1, 0.15) is 40.5 Å². The number of benzene rings is 1. The summed E-state index contributed by atoms with van der Waals surface area (Å²) in [5.74, 6) is 0. The molecule has 1 aromatic heterocycles. The summed E-state index contributed by atoms with van der Waals surface area (Å²) in [6.07, 6.45) is 3.71. The summed E-state index contributed by atoms with van der Waals surface area (Å²) in [4.78, 5) is 1.54. The lowest BCUT2D eigenvalue weighted by Gasteiger charge is -2.23. The van der Waals surface area contributed by atoms with E-state index in [2.05, 4.69) is 28.9 Å². The van der Waals surface area contributed by atoms with Crippen molar-refractivity contribution in [1.29, 1.82) is 5.26 Å². The Morgan fingerprint density at radius 3 is 3.21 bits per heavy atom. The third-order valence-corrected chi connectivity index (χ3v) is 4.66. The molecule has 0 radical (unpaired) electrons. The first-order valence-electron chi connectivity index (χ1n) is 6.65. The van der Waals surface area contributed by atoms with E-state index in [9.17, 15) is 0 Å². The van der Waals surface area contributed by atoms with Gasteiger partial charge < -0.3 is 5.32 Å². The van der Waals surface area contributed by atoms with Gasteiger partial charge in [-0.3, -0.25) is 0 Å². The van der Waals surface area contributed by atoms with Gasteiger partial charge >= 0.3 is 0 Å². The number of thiophene rings is 1. The maximum absolute atomic E-state index is 8.91. The zero-order chi connectivity index (χ0) is 13.1. The van der Waals surface area contributed by atoms with Crippen LogP contribution in [0, 0.1) is 11.3 Å². The molecule has 19 heavy (non-hydrogen) atoms. The number of nitrogens with one attached hydrogen (secondary N) is 1. The highest BCUT2D eigenvalue weighted by molar-refractivity contribution is 7.10. The average Bonchev–Trinajstić information content (AvgIpc) is 2.94. The largest absolute Gasteiger partial charge is 0.306 e. The second-order valence-electron chi connectivity index (χ2n) is 4.94. The zero-order valence-corrected chi connectivity index (χ0v) is 11.5. The van der Waals surface area contributed by atoms with Gasteiger partial charge in [0.05, 0.1) is 11.6 Å². The highest BCUT2D eigenvalue weighted by atomic mass is 32.1. The Hall–Kier alpha value is -1.63. The number of fused-ring (bicyclic) bond motifs is 1. The Bertz CT molecular complexity index is 609. The van der Waals surface area contributed by atoms with E-state index in [1.165, 1.54) is 35.3 Å². The topological polar surface area (TPSA) is 35.8 Å². The van der Waals surface area contributed by atoms with E-state index in [0.29, 0.717) is 6.04 Å². The van der Waals surface area contributed by atoms with Crippen LogP contribution in [0.4, 0.5) is 0 Å². The molecule has 1 heterocycles. The molecule has 96 valence electrons. The highest BCUT2D eigenvalue weighted by Gasteiger charge is 2.20. The minimum atomic E-state index is 0.473. The molecule has 0 fully saturated rings. The molecule has 1 aliphatic carbocycles. The molecule has 1 aliphatic rings. The van der Waals surface area contributed by atoms with E-state index in [4.69, 9.17) is 5.26 Å². The van der Waals surface area contributed by atoms with Crippen LogP contribution in [0.3, 0.4) is 0 Å². The minimum Gasteiger partial charge on any atom is -0.306 e. The van der Waals surface area contributed by atoms with Crippen molar-refractivity contribution in [2.75, 3.05) is 0 Å². The van der Waals surface area contributed by atoms with Gasteiger partial charge in [0.25, 0.3) is 0 Å². The fourth-order valence-electron chi connectivity index (χ4n) is 2.69. The maximum Gasteiger partial charge on any atom is 0.0991 e. The predicted octanol–water partition coefficient (Wildman–Crippen LogP) is 3.79. The number of hydrogen-bond acceptors (Lipinski definition) is 3. The maximum atomic E-state index is 8.91. The molecular weight excluding hydrogens is 252 g/mol. The molecule has 1 N–H and O–H groups in total. The number of rotatable bonds is 3. The minimum absolute atomic E-state index is 0.473. The smallest absolute Gasteiger partial charge is 0.0991 e. The van der Waals surface area contributed by atoms with Gasteiger partial charge in [-0.05, 0) is 54.0 Å². The third kappa shape index (κ3) is 2.70. The quantitative estimate of drug-likeness (QED) is 0.919. The van der Waals surface area contributed by atoms with Crippen molar-refractivity contribution in [2.45, 2.75) is 31.8 Å². The molecule has 2 aromatic rings. The lowest BCUT2D eigenvalue weighted by Crippen LogP contribution is -2.23. The molecule has 2 nitrogen and oxygen atoms in total. The molecule has 1 aromatic carbocycles. The lowest BCUT2D eigenvalue weighted by atomic mass is 9.94. The van der Waals surface area contributed by atoms with Crippen molar-refractivity contribution >= 4 is 11.3 Å². The molecule has 1 unspecified atom stereocenters. The molecule has 0 aliphatic heterocycles. The first kappa shape index (κ1) is 12.4. The summed E-state index contributed by atoms with van der Waals surface area (Å²) in [6.45, 7) is 0.829. The summed E-state index contributed by atoms with van der Waals surface area (Å²) >= 11 is 1.87. The van der Waals surface area contributed by atoms with Crippen molar-refractivity contribution in [2.24, 2.45) is 0 Å². The van der Waals surface area contributed by atoms with Gasteiger partial charge in [-0.1, -0.05) is 12.1 Å². The van der Waals surface area contributed by atoms with Gasteiger partial charge in [-0.25, -0.2) is 0 Å². The summed E-state index contributed by atoms with van der Waals surface area (Å²) in [7, 11) is 0. The van der Waals surface area contributed by atoms with E-state index in [-0.39, 0.29) is 0 Å². The zero-order valence-electron chi connectivity index (χ0n) is 10.7. The second kappa shape index (κ2) is 5.56. The van der Waals surface area contributed by atoms with Crippen molar-refractivity contribution in [3.63, 3.8) is 0 Å². The van der Waals surface area contributed by atoms with Crippen molar-refractivity contribution < 1.29 is 0 Å². The molecule has 0 bridgehead atoms. The Balaban J connectivity index is 1.69. The molecule has 3 rings (SSSR count). The second-order valence-corrected chi connectivity index (χ2v) is 5.94. The number of aryl methyl sites for hydroxylation is 1. The highest BCUT2D eigenvalue weighted by Crippen LogP contribution is 2.33. The Labute approximate surface area is 117 Å². The van der Waals surface area contributed by atoms with E-state index in [1.807, 2.05) is 29.5 Å². The van der Waals surface area contributed by atoms with Gasteiger partial charge in [-0.2, -0.15) is 5.26 Å². The van der Waals surface area contributed by atoms with Crippen LogP contribution < -0.4 is 5.32 Å². The van der Waals surface area contributed by atoms with Crippen molar-refractivity contribution in [3.05, 3.63) is 57.3 Å². The summed E-state index contributed by atoms with van der Waals surface area (Å²) < 4.78 is 0. The average molecular weight is 268 g/mol. The van der Waals surface area contributed by atoms with Crippen LogP contribution >= 0.6 is 11.3 Å². The van der Waals surface area contributed by atoms with Crippen LogP contribution in [0.5, 0.6) is 0 Å². The molecule has 3 heteroatoms.